The summed E-state index contributed by atoms with van der Waals surface area (Å²) in [6.07, 6.45) is -6.41. The number of halogens is 6. The largest absolute Gasteiger partial charge is 0.414 e. The maximum atomic E-state index is 14.9. The van der Waals surface area contributed by atoms with Gasteiger partial charge < -0.3 is 15.8 Å². The number of pyridine rings is 1. The van der Waals surface area contributed by atoms with E-state index in [9.17, 15) is 31.1 Å². The number of rotatable bonds is 3. The number of hydrogen-bond acceptors (Lipinski definition) is 6. The highest BCUT2D eigenvalue weighted by atomic mass is 32.2. The lowest BCUT2D eigenvalue weighted by Gasteiger charge is -2.46. The van der Waals surface area contributed by atoms with E-state index in [2.05, 4.69) is 15.3 Å². The van der Waals surface area contributed by atoms with Crippen molar-refractivity contribution >= 4 is 28.5 Å². The monoisotopic (exact) mass is 490 g/mol. The van der Waals surface area contributed by atoms with E-state index in [0.717, 1.165) is 17.8 Å². The van der Waals surface area contributed by atoms with Gasteiger partial charge in [-0.1, -0.05) is 11.8 Å². The van der Waals surface area contributed by atoms with Gasteiger partial charge in [0.15, 0.2) is 22.8 Å². The van der Waals surface area contributed by atoms with Crippen molar-refractivity contribution in [3.8, 4) is 0 Å². The van der Waals surface area contributed by atoms with Gasteiger partial charge in [0.1, 0.15) is 17.2 Å². The Labute approximate surface area is 187 Å². The summed E-state index contributed by atoms with van der Waals surface area (Å²) in [5, 5.41) is 2.39. The number of nitrogens with one attached hydrogen (secondary N) is 1. The van der Waals surface area contributed by atoms with Crippen molar-refractivity contribution in [1.29, 1.82) is 0 Å². The number of hydrogen-bond donors (Lipinski definition) is 2. The van der Waals surface area contributed by atoms with Gasteiger partial charge >= 0.3 is 6.18 Å². The van der Waals surface area contributed by atoms with Crippen LogP contribution >= 0.6 is 11.8 Å². The molecule has 3 N–H and O–H groups in total. The smallest absolute Gasteiger partial charge is 0.379 e. The van der Waals surface area contributed by atoms with Crippen molar-refractivity contribution in [2.45, 2.75) is 24.2 Å². The fourth-order valence-electron chi connectivity index (χ4n) is 3.90. The van der Waals surface area contributed by atoms with E-state index < -0.39 is 65.8 Å². The number of alkyl halides is 3. The molecule has 1 fully saturated rings. The minimum atomic E-state index is -4.59. The maximum absolute atomic E-state index is 14.9. The molecule has 1 saturated heterocycles. The second-order valence-corrected chi connectivity index (χ2v) is 8.63. The topological polar surface area (TPSA) is 89.6 Å². The molecule has 4 rings (SSSR count). The van der Waals surface area contributed by atoms with E-state index >= 15 is 0 Å². The lowest BCUT2D eigenvalue weighted by molar-refractivity contribution is -0.245. The van der Waals surface area contributed by atoms with Crippen molar-refractivity contribution in [1.82, 2.24) is 4.98 Å². The third-order valence-corrected chi connectivity index (χ3v) is 6.46. The third-order valence-electron chi connectivity index (χ3n) is 5.50. The number of carbonyl (C=O) groups is 1. The van der Waals surface area contributed by atoms with E-state index in [4.69, 9.17) is 10.5 Å². The molecule has 0 radical (unpaired) electrons. The van der Waals surface area contributed by atoms with Crippen LogP contribution in [0.5, 0.6) is 0 Å². The third kappa shape index (κ3) is 4.51. The van der Waals surface area contributed by atoms with Crippen molar-refractivity contribution in [3.63, 3.8) is 0 Å². The molecule has 2 aliphatic heterocycles. The molecule has 6 nitrogen and oxygen atoms in total. The van der Waals surface area contributed by atoms with E-state index in [-0.39, 0.29) is 22.2 Å². The minimum Gasteiger partial charge on any atom is -0.379 e. The SMILES string of the molecule is NC1=NC2(c3cc(NC(=O)c4ncc(F)cc4F)ccc3F)CO[C@@H](C(F)(F)F)CC2CS1. The van der Waals surface area contributed by atoms with Crippen molar-refractivity contribution in [3.05, 3.63) is 59.2 Å². The molecule has 33 heavy (non-hydrogen) atoms. The number of ether oxygens (including phenoxy) is 1. The van der Waals surface area contributed by atoms with Gasteiger partial charge in [-0.15, -0.1) is 0 Å². The highest BCUT2D eigenvalue weighted by molar-refractivity contribution is 8.13. The van der Waals surface area contributed by atoms with Gasteiger partial charge in [0.2, 0.25) is 0 Å². The van der Waals surface area contributed by atoms with Crippen LogP contribution < -0.4 is 11.1 Å². The molecule has 0 bridgehead atoms. The predicted molar refractivity (Wildman–Crippen MR) is 108 cm³/mol. The first-order chi connectivity index (χ1) is 15.5. The maximum Gasteiger partial charge on any atom is 0.414 e. The van der Waals surface area contributed by atoms with Gasteiger partial charge in [-0.2, -0.15) is 13.2 Å². The Morgan fingerprint density at radius 2 is 1.97 bits per heavy atom. The summed E-state index contributed by atoms with van der Waals surface area (Å²) >= 11 is 1.06. The van der Waals surface area contributed by atoms with E-state index in [1.807, 2.05) is 0 Å². The van der Waals surface area contributed by atoms with E-state index in [1.54, 1.807) is 0 Å². The Hall–Kier alpha value is -2.80. The molecule has 2 unspecified atom stereocenters. The lowest BCUT2D eigenvalue weighted by atomic mass is 9.74. The van der Waals surface area contributed by atoms with Crippen molar-refractivity contribution in [2.24, 2.45) is 16.6 Å². The Morgan fingerprint density at radius 1 is 1.21 bits per heavy atom. The second kappa shape index (κ2) is 8.52. The number of nitrogens with zero attached hydrogens (tertiary/aromatic N) is 2. The number of nitrogens with two attached hydrogens (primary N) is 1. The lowest BCUT2D eigenvalue weighted by Crippen LogP contribution is -2.53. The van der Waals surface area contributed by atoms with Gasteiger partial charge in [-0.3, -0.25) is 4.79 Å². The van der Waals surface area contributed by atoms with Crippen LogP contribution in [0.25, 0.3) is 0 Å². The summed E-state index contributed by atoms with van der Waals surface area (Å²) in [6.45, 7) is -0.578. The fourth-order valence-corrected chi connectivity index (χ4v) is 4.92. The number of anilines is 1. The zero-order chi connectivity index (χ0) is 24.0. The molecular formula is C20H16F6N4O2S. The Balaban J connectivity index is 1.68. The van der Waals surface area contributed by atoms with Crippen molar-refractivity contribution < 1.29 is 35.9 Å². The number of thioether (sulfide) groups is 1. The molecule has 1 aromatic carbocycles. The van der Waals surface area contributed by atoms with Crippen LogP contribution in [-0.2, 0) is 10.3 Å². The Morgan fingerprint density at radius 3 is 2.67 bits per heavy atom. The van der Waals surface area contributed by atoms with E-state index in [0.29, 0.717) is 12.3 Å². The van der Waals surface area contributed by atoms with Gasteiger partial charge in [-0.05, 0) is 24.6 Å². The van der Waals surface area contributed by atoms with Crippen LogP contribution in [-0.4, -0.2) is 40.7 Å². The number of amidine groups is 1. The molecule has 1 amide bonds. The van der Waals surface area contributed by atoms with E-state index in [1.165, 1.54) is 12.1 Å². The molecule has 176 valence electrons. The highest BCUT2D eigenvalue weighted by Crippen LogP contribution is 2.49. The predicted octanol–water partition coefficient (Wildman–Crippen LogP) is 3.98. The Bertz CT molecular complexity index is 1130. The molecule has 2 aromatic rings. The molecule has 3 atom stereocenters. The average Bonchev–Trinajstić information content (AvgIpc) is 2.73. The van der Waals surface area contributed by atoms with Crippen molar-refractivity contribution in [2.75, 3.05) is 17.7 Å². The highest BCUT2D eigenvalue weighted by Gasteiger charge is 2.55. The summed E-state index contributed by atoms with van der Waals surface area (Å²) in [4.78, 5) is 20.1. The normalized spacial score (nSPS) is 25.2. The zero-order valence-electron chi connectivity index (χ0n) is 16.6. The van der Waals surface area contributed by atoms with Gasteiger partial charge in [0.05, 0.1) is 12.8 Å². The van der Waals surface area contributed by atoms with Crippen LogP contribution in [0.15, 0.2) is 35.5 Å². The second-order valence-electron chi connectivity index (χ2n) is 7.59. The van der Waals surface area contributed by atoms with Gasteiger partial charge in [-0.25, -0.2) is 23.1 Å². The van der Waals surface area contributed by atoms with Gasteiger partial charge in [0.25, 0.3) is 5.91 Å². The molecule has 1 aromatic heterocycles. The molecule has 0 spiro atoms. The molecule has 0 saturated carbocycles. The number of benzene rings is 1. The zero-order valence-corrected chi connectivity index (χ0v) is 17.4. The summed E-state index contributed by atoms with van der Waals surface area (Å²) in [7, 11) is 0. The molecule has 3 heterocycles. The molecular weight excluding hydrogens is 474 g/mol. The first kappa shape index (κ1) is 23.4. The minimum absolute atomic E-state index is 0.00000665. The number of aliphatic imine (C=N–C) groups is 1. The molecule has 13 heteroatoms. The number of amides is 1. The molecule has 2 aliphatic rings. The standard InChI is InChI=1S/C20H16F6N4O2S/c21-10-4-14(23)16(28-6-10)17(31)29-11-1-2-13(22)12(5-11)19-8-32-15(20(24,25)26)3-9(19)7-33-18(27)30-19/h1-2,4-6,9,15H,3,7-8H2,(H2,27,30)(H,29,31)/t9?,15-,19?/m1/s1. The summed E-state index contributed by atoms with van der Waals surface area (Å²) < 4.78 is 86.6. The van der Waals surface area contributed by atoms with Crippen LogP contribution in [0.2, 0.25) is 0 Å². The summed E-state index contributed by atoms with van der Waals surface area (Å²) in [5.41, 5.74) is 3.47. The van der Waals surface area contributed by atoms with Crippen LogP contribution in [0.1, 0.15) is 22.5 Å². The van der Waals surface area contributed by atoms with Crippen LogP contribution in [0, 0.1) is 23.4 Å². The first-order valence-electron chi connectivity index (χ1n) is 9.58. The molecule has 0 aliphatic carbocycles. The summed E-state index contributed by atoms with van der Waals surface area (Å²) in [5.74, 6) is -4.59. The fraction of sp³-hybridized carbons (Fsp3) is 0.350. The quantitative estimate of drug-likeness (QED) is 0.636. The number of aromatic nitrogens is 1. The summed E-state index contributed by atoms with van der Waals surface area (Å²) in [6, 6.07) is 3.84. The van der Waals surface area contributed by atoms with Gasteiger partial charge in [0, 0.05) is 29.0 Å². The average molecular weight is 490 g/mol. The first-order valence-corrected chi connectivity index (χ1v) is 10.6. The number of carbonyl (C=O) groups excluding carboxylic acids is 1. The number of fused-ring (bicyclic) bond motifs is 1. The van der Waals surface area contributed by atoms with Crippen LogP contribution in [0.4, 0.5) is 32.0 Å². The Kier molecular flexibility index (Phi) is 6.03. The van der Waals surface area contributed by atoms with Crippen LogP contribution in [0.3, 0.4) is 0 Å².